The summed E-state index contributed by atoms with van der Waals surface area (Å²) in [6, 6.07) is -0.977. The van der Waals surface area contributed by atoms with Gasteiger partial charge in [-0.1, -0.05) is 19.9 Å². The quantitative estimate of drug-likeness (QED) is 0.334. The Kier molecular flexibility index (Phi) is 9.44. The van der Waals surface area contributed by atoms with Crippen molar-refractivity contribution in [1.82, 2.24) is 21.0 Å². The molecule has 12 heteroatoms. The minimum absolute atomic E-state index is 0.0638. The van der Waals surface area contributed by atoms with Crippen LogP contribution in [0.2, 0.25) is 0 Å². The van der Waals surface area contributed by atoms with E-state index < -0.39 is 29.6 Å². The molecule has 0 aromatic carbocycles. The standard InChI is InChI=1S/C20H29ClN5O5S/c1-12(2)17-18(28)31-13(7-5-6-8-21)9-15(27)22-10-16-23-14(11-32-16)26(30)25-20(3,4)19(29)24-17/h5,7,11-13,17,25H,6,8-10H2,1-4H3,(H,22,27)(H,24,29)/q-1/b7-5+/t13-,17+/m1/s1. The zero-order valence-electron chi connectivity index (χ0n) is 18.5. The van der Waals surface area contributed by atoms with Crippen LogP contribution in [0.5, 0.6) is 0 Å². The molecule has 178 valence electrons. The number of hydrazine groups is 1. The fourth-order valence-corrected chi connectivity index (χ4v) is 3.59. The number of anilines is 1. The number of thiazole rings is 1. The third-order valence-electron chi connectivity index (χ3n) is 4.62. The highest BCUT2D eigenvalue weighted by Gasteiger charge is 2.35. The molecule has 1 aromatic rings. The second-order valence-electron chi connectivity index (χ2n) is 8.19. The number of rotatable bonds is 4. The molecule has 0 saturated carbocycles. The summed E-state index contributed by atoms with van der Waals surface area (Å²) in [5.74, 6) is -1.44. The second kappa shape index (κ2) is 11.6. The summed E-state index contributed by atoms with van der Waals surface area (Å²) in [5.41, 5.74) is 1.21. The fraction of sp³-hybridized carbons (Fsp3) is 0.600. The van der Waals surface area contributed by atoms with Crippen LogP contribution in [-0.2, 0) is 25.7 Å². The first-order valence-electron chi connectivity index (χ1n) is 10.2. The molecule has 1 aliphatic rings. The van der Waals surface area contributed by atoms with Gasteiger partial charge in [0.2, 0.25) is 11.8 Å². The van der Waals surface area contributed by atoms with Gasteiger partial charge in [-0.25, -0.2) is 15.2 Å². The highest BCUT2D eigenvalue weighted by Crippen LogP contribution is 2.19. The largest absolute Gasteiger partial charge is 0.742 e. The number of carbonyl (C=O) groups excluding carboxylic acids is 3. The summed E-state index contributed by atoms with van der Waals surface area (Å²) < 4.78 is 5.56. The lowest BCUT2D eigenvalue weighted by Gasteiger charge is -2.38. The van der Waals surface area contributed by atoms with Gasteiger partial charge in [0.25, 0.3) is 0 Å². The predicted molar refractivity (Wildman–Crippen MR) is 123 cm³/mol. The van der Waals surface area contributed by atoms with Crippen molar-refractivity contribution in [3.8, 4) is 0 Å². The van der Waals surface area contributed by atoms with Crippen molar-refractivity contribution in [2.24, 2.45) is 5.92 Å². The number of hydrogen-bond acceptors (Lipinski definition) is 9. The van der Waals surface area contributed by atoms with E-state index in [0.717, 1.165) is 0 Å². The van der Waals surface area contributed by atoms with E-state index in [1.165, 1.54) is 30.6 Å². The second-order valence-corrected chi connectivity index (χ2v) is 9.51. The van der Waals surface area contributed by atoms with Gasteiger partial charge >= 0.3 is 5.97 Å². The molecule has 0 unspecified atom stereocenters. The molecule has 0 fully saturated rings. The SMILES string of the molecule is CC(C)[C@@H]1NC(=O)C(C)(C)NN([O-])c2csc(n2)CNC(=O)C[C@@H](/C=C/CCCl)OC1=O. The smallest absolute Gasteiger partial charge is 0.329 e. The summed E-state index contributed by atoms with van der Waals surface area (Å²) in [6.07, 6.45) is 2.97. The van der Waals surface area contributed by atoms with Crippen LogP contribution in [0.1, 0.15) is 45.5 Å². The van der Waals surface area contributed by atoms with Gasteiger partial charge in [0.15, 0.2) is 0 Å². The number of halogens is 1. The number of alkyl halides is 1. The number of aromatic nitrogens is 1. The minimum atomic E-state index is -1.34. The molecule has 0 aliphatic carbocycles. The Balaban J connectivity index is 2.34. The molecule has 0 spiro atoms. The van der Waals surface area contributed by atoms with Gasteiger partial charge in [-0.3, -0.25) is 9.59 Å². The van der Waals surface area contributed by atoms with Crippen LogP contribution in [-0.4, -0.2) is 46.3 Å². The molecule has 2 bridgehead atoms. The Bertz CT molecular complexity index is 844. The van der Waals surface area contributed by atoms with Gasteiger partial charge in [-0.2, -0.15) is 0 Å². The van der Waals surface area contributed by atoms with Crippen LogP contribution in [0.3, 0.4) is 0 Å². The lowest BCUT2D eigenvalue weighted by atomic mass is 10.0. The number of amides is 2. The first-order valence-corrected chi connectivity index (χ1v) is 11.6. The Morgan fingerprint density at radius 1 is 1.41 bits per heavy atom. The molecule has 1 aliphatic heterocycles. The van der Waals surface area contributed by atoms with Crippen molar-refractivity contribution in [2.75, 3.05) is 11.1 Å². The summed E-state index contributed by atoms with van der Waals surface area (Å²) in [7, 11) is 0. The summed E-state index contributed by atoms with van der Waals surface area (Å²) >= 11 is 6.90. The number of nitrogens with one attached hydrogen (secondary N) is 3. The molecule has 0 saturated heterocycles. The third-order valence-corrected chi connectivity index (χ3v) is 5.68. The molecule has 2 rings (SSSR count). The van der Waals surface area contributed by atoms with Crippen molar-refractivity contribution in [3.05, 3.63) is 27.7 Å². The Hall–Kier alpha value is -2.21. The first-order chi connectivity index (χ1) is 15.0. The fourth-order valence-electron chi connectivity index (χ4n) is 2.77. The van der Waals surface area contributed by atoms with Gasteiger partial charge in [-0.15, -0.1) is 22.9 Å². The van der Waals surface area contributed by atoms with Gasteiger partial charge in [0.1, 0.15) is 28.5 Å². The molecule has 32 heavy (non-hydrogen) atoms. The van der Waals surface area contributed by atoms with Gasteiger partial charge in [0, 0.05) is 11.3 Å². The summed E-state index contributed by atoms with van der Waals surface area (Å²) in [4.78, 5) is 42.4. The van der Waals surface area contributed by atoms with E-state index in [2.05, 4.69) is 21.0 Å². The van der Waals surface area contributed by atoms with E-state index in [4.69, 9.17) is 16.3 Å². The van der Waals surface area contributed by atoms with Crippen LogP contribution in [0.25, 0.3) is 0 Å². The first kappa shape index (κ1) is 26.0. The lowest BCUT2D eigenvalue weighted by Crippen LogP contribution is -2.61. The molecule has 0 radical (unpaired) electrons. The number of allylic oxidation sites excluding steroid dienone is 1. The predicted octanol–water partition coefficient (Wildman–Crippen LogP) is 1.99. The topological polar surface area (TPSA) is 136 Å². The number of ether oxygens (including phenoxy) is 1. The van der Waals surface area contributed by atoms with Crippen LogP contribution < -0.4 is 21.2 Å². The monoisotopic (exact) mass is 486 g/mol. The average molecular weight is 487 g/mol. The molecule has 10 nitrogen and oxygen atoms in total. The number of hydrogen-bond donors (Lipinski definition) is 3. The number of fused-ring (bicyclic) bond motifs is 2. The Morgan fingerprint density at radius 3 is 2.78 bits per heavy atom. The Morgan fingerprint density at radius 2 is 2.12 bits per heavy atom. The van der Waals surface area contributed by atoms with Gasteiger partial charge in [0.05, 0.1) is 13.0 Å². The van der Waals surface area contributed by atoms with Crippen LogP contribution in [0.15, 0.2) is 17.5 Å². The van der Waals surface area contributed by atoms with Crippen LogP contribution >= 0.6 is 22.9 Å². The van der Waals surface area contributed by atoms with Crippen molar-refractivity contribution in [3.63, 3.8) is 0 Å². The number of carbonyl (C=O) groups is 3. The van der Waals surface area contributed by atoms with Gasteiger partial charge < -0.3 is 25.7 Å². The molecular weight excluding hydrogens is 458 g/mol. The highest BCUT2D eigenvalue weighted by atomic mass is 35.5. The van der Waals surface area contributed by atoms with E-state index in [-0.39, 0.29) is 30.6 Å². The van der Waals surface area contributed by atoms with Crippen LogP contribution in [0.4, 0.5) is 5.82 Å². The van der Waals surface area contributed by atoms with E-state index in [1.54, 1.807) is 26.0 Å². The summed E-state index contributed by atoms with van der Waals surface area (Å²) in [6.45, 7) is 6.66. The third kappa shape index (κ3) is 7.44. The lowest BCUT2D eigenvalue weighted by molar-refractivity contribution is -0.153. The van der Waals surface area contributed by atoms with E-state index in [9.17, 15) is 19.6 Å². The Labute approximate surface area is 196 Å². The van der Waals surface area contributed by atoms with Crippen molar-refractivity contribution >= 4 is 46.5 Å². The van der Waals surface area contributed by atoms with Crippen molar-refractivity contribution < 1.29 is 19.1 Å². The molecule has 2 atom stereocenters. The number of nitrogens with zero attached hydrogens (tertiary/aromatic N) is 2. The van der Waals surface area contributed by atoms with Gasteiger partial charge in [-0.05, 0) is 32.3 Å². The maximum absolute atomic E-state index is 12.9. The molecule has 1 aromatic heterocycles. The highest BCUT2D eigenvalue weighted by molar-refractivity contribution is 7.10. The summed E-state index contributed by atoms with van der Waals surface area (Å²) in [5, 5.41) is 20.3. The van der Waals surface area contributed by atoms with E-state index in [0.29, 0.717) is 22.5 Å². The maximum Gasteiger partial charge on any atom is 0.329 e. The average Bonchev–Trinajstić information content (AvgIpc) is 3.18. The number of cyclic esters (lactones) is 1. The zero-order chi connectivity index (χ0) is 23.9. The molecule has 3 N–H and O–H groups in total. The molecule has 2 heterocycles. The molecular formula is C20H29ClN5O5S-. The van der Waals surface area contributed by atoms with Crippen LogP contribution in [0, 0.1) is 11.1 Å². The van der Waals surface area contributed by atoms with E-state index >= 15 is 0 Å². The van der Waals surface area contributed by atoms with Crippen molar-refractivity contribution in [2.45, 2.75) is 64.8 Å². The minimum Gasteiger partial charge on any atom is -0.742 e. The maximum atomic E-state index is 12.9. The number of esters is 1. The van der Waals surface area contributed by atoms with E-state index in [1.807, 2.05) is 0 Å². The normalized spacial score (nSPS) is 23.2. The molecule has 2 amide bonds. The van der Waals surface area contributed by atoms with Crippen molar-refractivity contribution in [1.29, 1.82) is 0 Å². The zero-order valence-corrected chi connectivity index (χ0v) is 20.1.